The molecule has 0 aromatic heterocycles. The van der Waals surface area contributed by atoms with Crippen LogP contribution in [-0.2, 0) is 4.74 Å². The smallest absolute Gasteiger partial charge is 0.0522 e. The lowest BCUT2D eigenvalue weighted by Gasteiger charge is -2.38. The lowest BCUT2D eigenvalue weighted by atomic mass is 9.75. The minimum atomic E-state index is 0.512. The fourth-order valence-electron chi connectivity index (χ4n) is 2.08. The van der Waals surface area contributed by atoms with Gasteiger partial charge in [0.15, 0.2) is 0 Å². The minimum Gasteiger partial charge on any atom is -0.381 e. The van der Waals surface area contributed by atoms with E-state index in [4.69, 9.17) is 4.74 Å². The van der Waals surface area contributed by atoms with Gasteiger partial charge in [-0.05, 0) is 30.6 Å². The summed E-state index contributed by atoms with van der Waals surface area (Å²) in [6.45, 7) is 8.82. The van der Waals surface area contributed by atoms with Crippen LogP contribution in [0.1, 0.15) is 40.0 Å². The summed E-state index contributed by atoms with van der Waals surface area (Å²) in [5.41, 5.74) is 0.512. The molecule has 1 heteroatoms. The first-order valence-electron chi connectivity index (χ1n) is 4.80. The molecule has 0 aromatic rings. The molecule has 1 fully saturated rings. The maximum Gasteiger partial charge on any atom is 0.0522 e. The summed E-state index contributed by atoms with van der Waals surface area (Å²) in [4.78, 5) is 0. The topological polar surface area (TPSA) is 9.23 Å². The molecule has 0 radical (unpaired) electrons. The molecular formula is C10H20O. The van der Waals surface area contributed by atoms with E-state index in [-0.39, 0.29) is 0 Å². The van der Waals surface area contributed by atoms with Gasteiger partial charge in [0.2, 0.25) is 0 Å². The van der Waals surface area contributed by atoms with Crippen LogP contribution in [0.15, 0.2) is 0 Å². The van der Waals surface area contributed by atoms with Crippen molar-refractivity contribution in [2.75, 3.05) is 13.2 Å². The Balaban J connectivity index is 2.52. The maximum atomic E-state index is 5.58. The van der Waals surface area contributed by atoms with Gasteiger partial charge in [0.1, 0.15) is 0 Å². The van der Waals surface area contributed by atoms with Crippen LogP contribution in [0.3, 0.4) is 0 Å². The molecule has 1 aliphatic rings. The largest absolute Gasteiger partial charge is 0.381 e. The van der Waals surface area contributed by atoms with Crippen LogP contribution in [0.5, 0.6) is 0 Å². The third-order valence-corrected chi connectivity index (χ3v) is 3.09. The zero-order valence-electron chi connectivity index (χ0n) is 8.02. The normalized spacial score (nSPS) is 30.3. The fourth-order valence-corrected chi connectivity index (χ4v) is 2.08. The van der Waals surface area contributed by atoms with Crippen molar-refractivity contribution >= 4 is 0 Å². The van der Waals surface area contributed by atoms with E-state index in [2.05, 4.69) is 20.8 Å². The van der Waals surface area contributed by atoms with Crippen molar-refractivity contribution in [3.05, 3.63) is 0 Å². The van der Waals surface area contributed by atoms with Crippen LogP contribution in [0.4, 0.5) is 0 Å². The standard InChI is InChI=1S/C10H20O/c1-4-10(5-2)6-9(3)7-11-8-10/h9H,4-8H2,1-3H3. The Morgan fingerprint density at radius 3 is 2.36 bits per heavy atom. The van der Waals surface area contributed by atoms with E-state index in [9.17, 15) is 0 Å². The van der Waals surface area contributed by atoms with Crippen molar-refractivity contribution in [2.24, 2.45) is 11.3 Å². The Labute approximate surface area is 70.1 Å². The summed E-state index contributed by atoms with van der Waals surface area (Å²) in [5.74, 6) is 0.767. The molecule has 0 amide bonds. The molecule has 0 bridgehead atoms. The minimum absolute atomic E-state index is 0.512. The molecule has 0 N–H and O–H groups in total. The van der Waals surface area contributed by atoms with Crippen molar-refractivity contribution in [3.8, 4) is 0 Å². The van der Waals surface area contributed by atoms with Crippen molar-refractivity contribution < 1.29 is 4.74 Å². The number of rotatable bonds is 2. The monoisotopic (exact) mass is 156 g/mol. The second kappa shape index (κ2) is 3.57. The summed E-state index contributed by atoms with van der Waals surface area (Å²) < 4.78 is 5.58. The lowest BCUT2D eigenvalue weighted by Crippen LogP contribution is -2.34. The highest BCUT2D eigenvalue weighted by molar-refractivity contribution is 4.81. The SMILES string of the molecule is CCC1(CC)COCC(C)C1. The Hall–Kier alpha value is -0.0400. The second-order valence-electron chi connectivity index (χ2n) is 4.03. The van der Waals surface area contributed by atoms with Gasteiger partial charge < -0.3 is 4.74 Å². The summed E-state index contributed by atoms with van der Waals surface area (Å²) in [5, 5.41) is 0. The Morgan fingerprint density at radius 2 is 2.00 bits per heavy atom. The first kappa shape index (κ1) is 9.05. The third-order valence-electron chi connectivity index (χ3n) is 3.09. The van der Waals surface area contributed by atoms with E-state index in [1.165, 1.54) is 19.3 Å². The highest BCUT2D eigenvalue weighted by Gasteiger charge is 2.32. The van der Waals surface area contributed by atoms with Gasteiger partial charge in [0, 0.05) is 6.61 Å². The average Bonchev–Trinajstić information content (AvgIpc) is 2.04. The summed E-state index contributed by atoms with van der Waals surface area (Å²) in [6, 6.07) is 0. The Bertz CT molecular complexity index is 116. The molecule has 0 spiro atoms. The molecule has 11 heavy (non-hydrogen) atoms. The molecule has 1 unspecified atom stereocenters. The molecular weight excluding hydrogens is 136 g/mol. The predicted octanol–water partition coefficient (Wildman–Crippen LogP) is 2.85. The molecule has 1 rings (SSSR count). The van der Waals surface area contributed by atoms with E-state index < -0.39 is 0 Å². The molecule has 0 aliphatic carbocycles. The molecule has 1 saturated heterocycles. The number of hydrogen-bond donors (Lipinski definition) is 0. The Kier molecular flexibility index (Phi) is 2.94. The van der Waals surface area contributed by atoms with Crippen LogP contribution in [0.2, 0.25) is 0 Å². The highest BCUT2D eigenvalue weighted by Crippen LogP contribution is 2.37. The van der Waals surface area contributed by atoms with Crippen LogP contribution in [0, 0.1) is 11.3 Å². The molecule has 1 nitrogen and oxygen atoms in total. The average molecular weight is 156 g/mol. The summed E-state index contributed by atoms with van der Waals surface area (Å²) in [6.07, 6.45) is 3.90. The third kappa shape index (κ3) is 1.96. The molecule has 1 atom stereocenters. The van der Waals surface area contributed by atoms with Gasteiger partial charge in [-0.2, -0.15) is 0 Å². The number of ether oxygens (including phenoxy) is 1. The molecule has 1 heterocycles. The van der Waals surface area contributed by atoms with E-state index in [1.54, 1.807) is 0 Å². The van der Waals surface area contributed by atoms with Gasteiger partial charge in [-0.3, -0.25) is 0 Å². The van der Waals surface area contributed by atoms with Crippen LogP contribution in [-0.4, -0.2) is 13.2 Å². The van der Waals surface area contributed by atoms with Crippen LogP contribution < -0.4 is 0 Å². The quantitative estimate of drug-likeness (QED) is 0.597. The van der Waals surface area contributed by atoms with Crippen molar-refractivity contribution in [1.29, 1.82) is 0 Å². The molecule has 0 saturated carbocycles. The van der Waals surface area contributed by atoms with Crippen LogP contribution >= 0.6 is 0 Å². The highest BCUT2D eigenvalue weighted by atomic mass is 16.5. The fraction of sp³-hybridized carbons (Fsp3) is 1.00. The molecule has 1 aliphatic heterocycles. The predicted molar refractivity (Wildman–Crippen MR) is 47.6 cm³/mol. The first-order chi connectivity index (χ1) is 5.22. The van der Waals surface area contributed by atoms with Crippen molar-refractivity contribution in [2.45, 2.75) is 40.0 Å². The van der Waals surface area contributed by atoms with Gasteiger partial charge >= 0.3 is 0 Å². The van der Waals surface area contributed by atoms with Gasteiger partial charge in [-0.15, -0.1) is 0 Å². The molecule has 66 valence electrons. The lowest BCUT2D eigenvalue weighted by molar-refractivity contribution is -0.0413. The maximum absolute atomic E-state index is 5.58. The van der Waals surface area contributed by atoms with E-state index >= 15 is 0 Å². The summed E-state index contributed by atoms with van der Waals surface area (Å²) in [7, 11) is 0. The van der Waals surface area contributed by atoms with Crippen molar-refractivity contribution in [3.63, 3.8) is 0 Å². The zero-order chi connectivity index (χ0) is 8.32. The van der Waals surface area contributed by atoms with Crippen molar-refractivity contribution in [1.82, 2.24) is 0 Å². The Morgan fingerprint density at radius 1 is 1.36 bits per heavy atom. The zero-order valence-corrected chi connectivity index (χ0v) is 8.02. The van der Waals surface area contributed by atoms with Gasteiger partial charge in [-0.1, -0.05) is 20.8 Å². The second-order valence-corrected chi connectivity index (χ2v) is 4.03. The first-order valence-corrected chi connectivity index (χ1v) is 4.80. The number of hydrogen-bond acceptors (Lipinski definition) is 1. The van der Waals surface area contributed by atoms with Gasteiger partial charge in [0.25, 0.3) is 0 Å². The van der Waals surface area contributed by atoms with E-state index in [0.29, 0.717) is 5.41 Å². The molecule has 0 aromatic carbocycles. The van der Waals surface area contributed by atoms with E-state index in [0.717, 1.165) is 19.1 Å². The van der Waals surface area contributed by atoms with Gasteiger partial charge in [0.05, 0.1) is 6.61 Å². The van der Waals surface area contributed by atoms with Gasteiger partial charge in [-0.25, -0.2) is 0 Å². The van der Waals surface area contributed by atoms with E-state index in [1.807, 2.05) is 0 Å². The summed E-state index contributed by atoms with van der Waals surface area (Å²) >= 11 is 0. The van der Waals surface area contributed by atoms with Crippen LogP contribution in [0.25, 0.3) is 0 Å².